The van der Waals surface area contributed by atoms with Crippen LogP contribution in [0.3, 0.4) is 0 Å². The van der Waals surface area contributed by atoms with Crippen LogP contribution in [0, 0.1) is 5.41 Å². The molecule has 0 bridgehead atoms. The van der Waals surface area contributed by atoms with E-state index < -0.39 is 0 Å². The second kappa shape index (κ2) is 3.51. The lowest BCUT2D eigenvalue weighted by molar-refractivity contribution is 0.0853. The molecule has 2 nitrogen and oxygen atoms in total. The summed E-state index contributed by atoms with van der Waals surface area (Å²) >= 11 is 0. The summed E-state index contributed by atoms with van der Waals surface area (Å²) < 4.78 is 0. The minimum Gasteiger partial charge on any atom is -0.356 e. The molecule has 0 aliphatic heterocycles. The molecule has 2 heteroatoms. The molecule has 1 N–H and O–H groups in total. The molecule has 0 aliphatic rings. The average molecular weight is 207 g/mol. The number of Topliss-reactive ketones (excluding diaryl/α,β-unsaturated/α-hetero) is 1. The number of hydrogen-bond donors (Lipinski definition) is 1. The largest absolute Gasteiger partial charge is 0.356 e. The third-order valence-electron chi connectivity index (χ3n) is 2.42. The lowest BCUT2D eigenvalue weighted by Crippen LogP contribution is -2.21. The highest BCUT2D eigenvalue weighted by atomic mass is 16.1. The Morgan fingerprint density at radius 2 is 1.60 bits per heavy atom. The SMILES string of the molecule is CC(C)(C)C(=O)c1ccc(C(C)(C)C)[nH]1. The highest BCUT2D eigenvalue weighted by Gasteiger charge is 2.25. The predicted molar refractivity (Wildman–Crippen MR) is 63.3 cm³/mol. The van der Waals surface area contributed by atoms with Gasteiger partial charge in [0, 0.05) is 16.5 Å². The van der Waals surface area contributed by atoms with Crippen molar-refractivity contribution in [2.45, 2.75) is 47.0 Å². The van der Waals surface area contributed by atoms with Gasteiger partial charge in [0.1, 0.15) is 0 Å². The summed E-state index contributed by atoms with van der Waals surface area (Å²) in [6.45, 7) is 12.2. The molecule has 0 atom stereocenters. The third-order valence-corrected chi connectivity index (χ3v) is 2.42. The number of ketones is 1. The van der Waals surface area contributed by atoms with Gasteiger partial charge in [0.2, 0.25) is 0 Å². The van der Waals surface area contributed by atoms with Crippen molar-refractivity contribution >= 4 is 5.78 Å². The molecular formula is C13H21NO. The van der Waals surface area contributed by atoms with E-state index in [-0.39, 0.29) is 16.6 Å². The smallest absolute Gasteiger partial charge is 0.184 e. The van der Waals surface area contributed by atoms with E-state index in [1.54, 1.807) is 0 Å². The number of aromatic nitrogens is 1. The first-order chi connectivity index (χ1) is 6.62. The zero-order valence-electron chi connectivity index (χ0n) is 10.6. The van der Waals surface area contributed by atoms with Crippen LogP contribution in [0.5, 0.6) is 0 Å². The zero-order valence-corrected chi connectivity index (χ0v) is 10.6. The lowest BCUT2D eigenvalue weighted by atomic mass is 9.89. The second-order valence-electron chi connectivity index (χ2n) is 6.11. The van der Waals surface area contributed by atoms with Crippen molar-refractivity contribution in [2.24, 2.45) is 5.41 Å². The normalized spacial score (nSPS) is 12.9. The van der Waals surface area contributed by atoms with Crippen molar-refractivity contribution in [3.63, 3.8) is 0 Å². The first-order valence-electron chi connectivity index (χ1n) is 5.36. The molecule has 0 aliphatic carbocycles. The Hall–Kier alpha value is -1.05. The molecule has 0 saturated carbocycles. The van der Waals surface area contributed by atoms with Crippen molar-refractivity contribution in [2.75, 3.05) is 0 Å². The summed E-state index contributed by atoms with van der Waals surface area (Å²) in [4.78, 5) is 15.2. The summed E-state index contributed by atoms with van der Waals surface area (Å²) in [6, 6.07) is 3.88. The van der Waals surface area contributed by atoms with E-state index in [9.17, 15) is 4.79 Å². The number of carbonyl (C=O) groups excluding carboxylic acids is 1. The predicted octanol–water partition coefficient (Wildman–Crippen LogP) is 3.54. The maximum absolute atomic E-state index is 12.0. The number of aromatic amines is 1. The van der Waals surface area contributed by atoms with Crippen LogP contribution < -0.4 is 0 Å². The average Bonchev–Trinajstić information content (AvgIpc) is 2.47. The van der Waals surface area contributed by atoms with Crippen LogP contribution in [0.25, 0.3) is 0 Å². The Morgan fingerprint density at radius 1 is 1.07 bits per heavy atom. The Labute approximate surface area is 92.1 Å². The third kappa shape index (κ3) is 2.71. The highest BCUT2D eigenvalue weighted by molar-refractivity contribution is 5.98. The number of carbonyl (C=O) groups is 1. The Kier molecular flexibility index (Phi) is 2.81. The van der Waals surface area contributed by atoms with Crippen molar-refractivity contribution in [1.82, 2.24) is 4.98 Å². The van der Waals surface area contributed by atoms with E-state index in [0.29, 0.717) is 5.69 Å². The summed E-state index contributed by atoms with van der Waals surface area (Å²) in [5.74, 6) is 0.165. The summed E-state index contributed by atoms with van der Waals surface area (Å²) in [5.41, 5.74) is 1.57. The van der Waals surface area contributed by atoms with Gasteiger partial charge < -0.3 is 4.98 Å². The van der Waals surface area contributed by atoms with Gasteiger partial charge in [0.05, 0.1) is 5.69 Å². The molecule has 0 amide bonds. The van der Waals surface area contributed by atoms with Crippen molar-refractivity contribution in [1.29, 1.82) is 0 Å². The van der Waals surface area contributed by atoms with Gasteiger partial charge in [0.15, 0.2) is 5.78 Å². The Bertz CT molecular complexity index is 361. The van der Waals surface area contributed by atoms with Crippen molar-refractivity contribution in [3.05, 3.63) is 23.5 Å². The molecule has 1 heterocycles. The Balaban J connectivity index is 3.01. The van der Waals surface area contributed by atoms with Crippen LogP contribution in [-0.2, 0) is 5.41 Å². The van der Waals surface area contributed by atoms with Gasteiger partial charge in [-0.25, -0.2) is 0 Å². The van der Waals surface area contributed by atoms with Gasteiger partial charge in [-0.05, 0) is 12.1 Å². The van der Waals surface area contributed by atoms with Crippen molar-refractivity contribution < 1.29 is 4.79 Å². The quantitative estimate of drug-likeness (QED) is 0.702. The summed E-state index contributed by atoms with van der Waals surface area (Å²) in [6.07, 6.45) is 0. The molecular weight excluding hydrogens is 186 g/mol. The first-order valence-corrected chi connectivity index (χ1v) is 5.36. The van der Waals surface area contributed by atoms with Crippen LogP contribution in [0.4, 0.5) is 0 Å². The molecule has 1 aromatic heterocycles. The molecule has 1 aromatic rings. The van der Waals surface area contributed by atoms with Crippen LogP contribution in [0.2, 0.25) is 0 Å². The summed E-state index contributed by atoms with van der Waals surface area (Å²) in [7, 11) is 0. The van der Waals surface area contributed by atoms with Crippen LogP contribution in [0.1, 0.15) is 57.7 Å². The van der Waals surface area contributed by atoms with Crippen LogP contribution in [-0.4, -0.2) is 10.8 Å². The molecule has 0 spiro atoms. The van der Waals surface area contributed by atoms with Gasteiger partial charge in [-0.15, -0.1) is 0 Å². The summed E-state index contributed by atoms with van der Waals surface area (Å²) in [5, 5.41) is 0. The van der Waals surface area contributed by atoms with E-state index in [2.05, 4.69) is 25.8 Å². The molecule has 0 unspecified atom stereocenters. The minimum absolute atomic E-state index is 0.0659. The number of hydrogen-bond acceptors (Lipinski definition) is 1. The molecule has 84 valence electrons. The van der Waals surface area contributed by atoms with Gasteiger partial charge in [-0.3, -0.25) is 4.79 Å². The molecule has 15 heavy (non-hydrogen) atoms. The minimum atomic E-state index is -0.319. The molecule has 0 fully saturated rings. The van der Waals surface area contributed by atoms with E-state index >= 15 is 0 Å². The molecule has 1 rings (SSSR count). The molecule has 0 aromatic carbocycles. The number of nitrogens with one attached hydrogen (secondary N) is 1. The fourth-order valence-electron chi connectivity index (χ4n) is 1.37. The second-order valence-corrected chi connectivity index (χ2v) is 6.11. The topological polar surface area (TPSA) is 32.9 Å². The first kappa shape index (κ1) is 12.0. The van der Waals surface area contributed by atoms with E-state index in [1.165, 1.54) is 0 Å². The maximum Gasteiger partial charge on any atom is 0.184 e. The zero-order chi connectivity index (χ0) is 11.9. The lowest BCUT2D eigenvalue weighted by Gasteiger charge is -2.18. The standard InChI is InChI=1S/C13H21NO/c1-12(2,3)10-8-7-9(14-10)11(15)13(4,5)6/h7-8,14H,1-6H3. The number of rotatable bonds is 1. The monoisotopic (exact) mass is 207 g/mol. The highest BCUT2D eigenvalue weighted by Crippen LogP contribution is 2.25. The van der Waals surface area contributed by atoms with Crippen molar-refractivity contribution in [3.8, 4) is 0 Å². The fourth-order valence-corrected chi connectivity index (χ4v) is 1.37. The maximum atomic E-state index is 12.0. The van der Waals surface area contributed by atoms with E-state index in [0.717, 1.165) is 5.69 Å². The molecule has 0 radical (unpaired) electrons. The van der Waals surface area contributed by atoms with Gasteiger partial charge >= 0.3 is 0 Å². The van der Waals surface area contributed by atoms with Gasteiger partial charge in [-0.2, -0.15) is 0 Å². The van der Waals surface area contributed by atoms with Gasteiger partial charge in [-0.1, -0.05) is 41.5 Å². The fraction of sp³-hybridized carbons (Fsp3) is 0.615. The Morgan fingerprint density at radius 3 is 1.93 bits per heavy atom. The van der Waals surface area contributed by atoms with Gasteiger partial charge in [0.25, 0.3) is 0 Å². The van der Waals surface area contributed by atoms with Crippen LogP contribution >= 0.6 is 0 Å². The number of H-pyrrole nitrogens is 1. The van der Waals surface area contributed by atoms with E-state index in [4.69, 9.17) is 0 Å². The van der Waals surface area contributed by atoms with E-state index in [1.807, 2.05) is 32.9 Å². The molecule has 0 saturated heterocycles. The van der Waals surface area contributed by atoms with Crippen LogP contribution in [0.15, 0.2) is 12.1 Å².